The van der Waals surface area contributed by atoms with E-state index in [0.717, 1.165) is 35.3 Å². The lowest BCUT2D eigenvalue weighted by Gasteiger charge is -2.19. The van der Waals surface area contributed by atoms with Crippen LogP contribution in [0.2, 0.25) is 0 Å². The summed E-state index contributed by atoms with van der Waals surface area (Å²) in [6.07, 6.45) is 4.30. The molecule has 4 rings (SSSR count). The predicted octanol–water partition coefficient (Wildman–Crippen LogP) is 5.27. The molecule has 0 amide bonds. The molecular formula is C25H22O3. The number of aliphatic carboxylic acids is 1. The van der Waals surface area contributed by atoms with Gasteiger partial charge in [0.1, 0.15) is 12.4 Å². The highest BCUT2D eigenvalue weighted by molar-refractivity contribution is 5.83. The second-order valence-corrected chi connectivity index (χ2v) is 7.02. The number of carboxylic acids is 1. The van der Waals surface area contributed by atoms with Gasteiger partial charge in [0.05, 0.1) is 6.42 Å². The lowest BCUT2D eigenvalue weighted by Crippen LogP contribution is -2.03. The number of ether oxygens (including phenoxy) is 1. The first kappa shape index (κ1) is 18.1. The topological polar surface area (TPSA) is 46.5 Å². The molecule has 0 radical (unpaired) electrons. The van der Waals surface area contributed by atoms with Crippen LogP contribution >= 0.6 is 0 Å². The lowest BCUT2D eigenvalue weighted by atomic mass is 9.86. The van der Waals surface area contributed by atoms with E-state index in [1.54, 1.807) is 0 Å². The Morgan fingerprint density at radius 1 is 0.929 bits per heavy atom. The smallest absolute Gasteiger partial charge is 0.307 e. The molecule has 0 heterocycles. The van der Waals surface area contributed by atoms with E-state index in [4.69, 9.17) is 9.84 Å². The van der Waals surface area contributed by atoms with Gasteiger partial charge in [0.2, 0.25) is 0 Å². The van der Waals surface area contributed by atoms with Crippen LogP contribution < -0.4 is 4.74 Å². The van der Waals surface area contributed by atoms with E-state index in [1.165, 1.54) is 16.7 Å². The van der Waals surface area contributed by atoms with Crippen LogP contribution in [-0.4, -0.2) is 11.1 Å². The summed E-state index contributed by atoms with van der Waals surface area (Å²) in [4.78, 5) is 10.9. The molecule has 1 aliphatic rings. The molecule has 0 aromatic heterocycles. The highest BCUT2D eigenvalue weighted by atomic mass is 16.5. The Morgan fingerprint density at radius 3 is 2.46 bits per heavy atom. The molecule has 1 aliphatic carbocycles. The minimum absolute atomic E-state index is 0.0536. The highest BCUT2D eigenvalue weighted by Gasteiger charge is 2.15. The van der Waals surface area contributed by atoms with Gasteiger partial charge in [0, 0.05) is 0 Å². The monoisotopic (exact) mass is 370 g/mol. The van der Waals surface area contributed by atoms with Crippen molar-refractivity contribution in [1.82, 2.24) is 0 Å². The quantitative estimate of drug-likeness (QED) is 0.643. The Balaban J connectivity index is 1.52. The molecule has 0 unspecified atom stereocenters. The van der Waals surface area contributed by atoms with Crippen molar-refractivity contribution >= 4 is 11.5 Å². The zero-order valence-corrected chi connectivity index (χ0v) is 15.6. The van der Waals surface area contributed by atoms with Crippen molar-refractivity contribution < 1.29 is 14.6 Å². The number of benzene rings is 3. The Bertz CT molecular complexity index is 1000. The van der Waals surface area contributed by atoms with Gasteiger partial charge < -0.3 is 9.84 Å². The number of carboxylic acid groups (broad SMARTS) is 1. The van der Waals surface area contributed by atoms with E-state index >= 15 is 0 Å². The molecular weight excluding hydrogens is 348 g/mol. The fourth-order valence-corrected chi connectivity index (χ4v) is 3.60. The molecule has 0 aliphatic heterocycles. The Hall–Kier alpha value is -3.33. The van der Waals surface area contributed by atoms with Gasteiger partial charge >= 0.3 is 5.97 Å². The van der Waals surface area contributed by atoms with Crippen molar-refractivity contribution in [2.45, 2.75) is 25.9 Å². The number of hydrogen-bond acceptors (Lipinski definition) is 2. The van der Waals surface area contributed by atoms with Crippen molar-refractivity contribution in [3.8, 4) is 5.75 Å². The average Bonchev–Trinajstić information content (AvgIpc) is 2.72. The van der Waals surface area contributed by atoms with Gasteiger partial charge in [-0.25, -0.2) is 0 Å². The van der Waals surface area contributed by atoms with Gasteiger partial charge in [-0.2, -0.15) is 0 Å². The number of fused-ring (bicyclic) bond motifs is 1. The van der Waals surface area contributed by atoms with Gasteiger partial charge in [-0.15, -0.1) is 0 Å². The molecule has 0 fully saturated rings. The number of hydrogen-bond donors (Lipinski definition) is 1. The van der Waals surface area contributed by atoms with Crippen LogP contribution in [0.4, 0.5) is 0 Å². The Morgan fingerprint density at radius 2 is 1.71 bits per heavy atom. The molecule has 0 atom stereocenters. The summed E-state index contributed by atoms with van der Waals surface area (Å²) in [6.45, 7) is 0.563. The summed E-state index contributed by atoms with van der Waals surface area (Å²) in [6, 6.07) is 24.3. The summed E-state index contributed by atoms with van der Waals surface area (Å²) in [5.74, 6) is 0.0821. The molecule has 3 aromatic rings. The third-order valence-electron chi connectivity index (χ3n) is 5.00. The fourth-order valence-electron chi connectivity index (χ4n) is 3.60. The Labute approximate surface area is 164 Å². The lowest BCUT2D eigenvalue weighted by molar-refractivity contribution is -0.136. The van der Waals surface area contributed by atoms with Crippen LogP contribution in [0.3, 0.4) is 0 Å². The first-order chi connectivity index (χ1) is 13.7. The maximum atomic E-state index is 10.9. The van der Waals surface area contributed by atoms with E-state index in [-0.39, 0.29) is 6.42 Å². The third kappa shape index (κ3) is 4.15. The predicted molar refractivity (Wildman–Crippen MR) is 110 cm³/mol. The second-order valence-electron chi connectivity index (χ2n) is 7.02. The maximum absolute atomic E-state index is 10.9. The van der Waals surface area contributed by atoms with Crippen molar-refractivity contribution in [3.63, 3.8) is 0 Å². The molecule has 0 spiro atoms. The van der Waals surface area contributed by atoms with Gasteiger partial charge in [-0.05, 0) is 58.4 Å². The van der Waals surface area contributed by atoms with Crippen molar-refractivity contribution in [1.29, 1.82) is 0 Å². The molecule has 28 heavy (non-hydrogen) atoms. The molecule has 3 heteroatoms. The average molecular weight is 370 g/mol. The Kier molecular flexibility index (Phi) is 5.24. The zero-order valence-electron chi connectivity index (χ0n) is 15.6. The summed E-state index contributed by atoms with van der Waals surface area (Å²) >= 11 is 0. The zero-order chi connectivity index (χ0) is 19.3. The second kappa shape index (κ2) is 8.13. The van der Waals surface area contributed by atoms with Crippen LogP contribution in [0.15, 0.2) is 78.9 Å². The first-order valence-corrected chi connectivity index (χ1v) is 9.50. The maximum Gasteiger partial charge on any atom is 0.307 e. The molecule has 1 N–H and O–H groups in total. The van der Waals surface area contributed by atoms with E-state index in [0.29, 0.717) is 6.61 Å². The van der Waals surface area contributed by atoms with Crippen LogP contribution in [0, 0.1) is 0 Å². The van der Waals surface area contributed by atoms with E-state index < -0.39 is 5.97 Å². The van der Waals surface area contributed by atoms with E-state index in [9.17, 15) is 4.79 Å². The number of allylic oxidation sites excluding steroid dienone is 1. The molecule has 0 bridgehead atoms. The number of aryl methyl sites for hydroxylation is 1. The normalized spacial score (nSPS) is 12.8. The molecule has 0 saturated heterocycles. The highest BCUT2D eigenvalue weighted by Crippen LogP contribution is 2.34. The minimum atomic E-state index is -0.807. The van der Waals surface area contributed by atoms with Gasteiger partial charge in [-0.1, -0.05) is 66.7 Å². The largest absolute Gasteiger partial charge is 0.489 e. The van der Waals surface area contributed by atoms with Gasteiger partial charge in [0.15, 0.2) is 0 Å². The van der Waals surface area contributed by atoms with Crippen LogP contribution in [0.5, 0.6) is 5.75 Å². The minimum Gasteiger partial charge on any atom is -0.489 e. The van der Waals surface area contributed by atoms with E-state index in [2.05, 4.69) is 30.3 Å². The van der Waals surface area contributed by atoms with Crippen LogP contribution in [-0.2, 0) is 24.2 Å². The van der Waals surface area contributed by atoms with Crippen LogP contribution in [0.25, 0.3) is 5.57 Å². The molecule has 140 valence electrons. The van der Waals surface area contributed by atoms with Crippen molar-refractivity contribution in [3.05, 3.63) is 107 Å². The van der Waals surface area contributed by atoms with Gasteiger partial charge in [-0.3, -0.25) is 4.79 Å². The summed E-state index contributed by atoms with van der Waals surface area (Å²) in [7, 11) is 0. The summed E-state index contributed by atoms with van der Waals surface area (Å²) in [5.41, 5.74) is 6.81. The molecule has 3 aromatic carbocycles. The summed E-state index contributed by atoms with van der Waals surface area (Å²) < 4.78 is 5.98. The number of carbonyl (C=O) groups is 1. The third-order valence-corrected chi connectivity index (χ3v) is 5.00. The summed E-state index contributed by atoms with van der Waals surface area (Å²) in [5, 5.41) is 8.93. The SMILES string of the molecule is O=C(O)Cc1ccc(C2=CCCc3cc(OCc4ccccc4)ccc32)cc1. The first-order valence-electron chi connectivity index (χ1n) is 9.50. The van der Waals surface area contributed by atoms with E-state index in [1.807, 2.05) is 48.5 Å². The van der Waals surface area contributed by atoms with Crippen LogP contribution in [0.1, 0.15) is 34.2 Å². The number of rotatable bonds is 6. The standard InChI is InChI=1S/C25H22O3/c26-25(27)15-18-9-11-20(12-10-18)23-8-4-7-21-16-22(13-14-24(21)23)28-17-19-5-2-1-3-6-19/h1-3,5-6,8-14,16H,4,7,15,17H2,(H,26,27). The van der Waals surface area contributed by atoms with Gasteiger partial charge in [0.25, 0.3) is 0 Å². The van der Waals surface area contributed by atoms with Crippen molar-refractivity contribution in [2.24, 2.45) is 0 Å². The molecule has 3 nitrogen and oxygen atoms in total. The van der Waals surface area contributed by atoms with Crippen molar-refractivity contribution in [2.75, 3.05) is 0 Å². The molecule has 0 saturated carbocycles. The fraction of sp³-hybridized carbons (Fsp3) is 0.160.